The Kier molecular flexibility index (Phi) is 3.19. The van der Waals surface area contributed by atoms with Crippen LogP contribution in [0.1, 0.15) is 56.1 Å². The summed E-state index contributed by atoms with van der Waals surface area (Å²) in [6, 6.07) is 4.82. The Morgan fingerprint density at radius 1 is 1.14 bits per heavy atom. The standard InChI is InChI=1S/C18H27N3/c1-11(19)17-12(2)20(6)16-8-14-10-21(18(3,4)5)9-13(14)7-15(16)17/h7-8,11H,9-10,19H2,1-6H3. The van der Waals surface area contributed by atoms with Gasteiger partial charge in [-0.25, -0.2) is 0 Å². The number of nitrogens with two attached hydrogens (primary N) is 1. The average Bonchev–Trinajstić information content (AvgIpc) is 2.88. The molecule has 1 aromatic heterocycles. The second-order valence-corrected chi connectivity index (χ2v) is 7.51. The minimum atomic E-state index is 0.0758. The largest absolute Gasteiger partial charge is 0.348 e. The molecule has 2 heterocycles. The summed E-state index contributed by atoms with van der Waals surface area (Å²) in [7, 11) is 2.15. The van der Waals surface area contributed by atoms with Gasteiger partial charge in [0.2, 0.25) is 0 Å². The molecule has 1 aliphatic heterocycles. The van der Waals surface area contributed by atoms with Crippen LogP contribution in [0, 0.1) is 6.92 Å². The Hall–Kier alpha value is -1.32. The zero-order valence-electron chi connectivity index (χ0n) is 14.1. The van der Waals surface area contributed by atoms with Gasteiger partial charge in [-0.3, -0.25) is 4.90 Å². The highest BCUT2D eigenvalue weighted by atomic mass is 15.2. The summed E-state index contributed by atoms with van der Waals surface area (Å²) in [5.41, 5.74) is 13.3. The second kappa shape index (κ2) is 4.59. The molecule has 1 aliphatic rings. The van der Waals surface area contributed by atoms with Crippen LogP contribution in [0.25, 0.3) is 10.9 Å². The fourth-order valence-corrected chi connectivity index (χ4v) is 3.54. The summed E-state index contributed by atoms with van der Waals surface area (Å²) in [5.74, 6) is 0. The molecule has 0 spiro atoms. The van der Waals surface area contributed by atoms with Gasteiger partial charge >= 0.3 is 0 Å². The third-order valence-electron chi connectivity index (χ3n) is 4.99. The Morgan fingerprint density at radius 3 is 2.24 bits per heavy atom. The number of rotatable bonds is 1. The molecule has 1 unspecified atom stereocenters. The molecular formula is C18H27N3. The number of hydrogen-bond donors (Lipinski definition) is 1. The first-order chi connectivity index (χ1) is 9.70. The maximum absolute atomic E-state index is 6.21. The van der Waals surface area contributed by atoms with E-state index in [9.17, 15) is 0 Å². The summed E-state index contributed by atoms with van der Waals surface area (Å²) in [4.78, 5) is 2.54. The van der Waals surface area contributed by atoms with Gasteiger partial charge in [0, 0.05) is 48.3 Å². The summed E-state index contributed by atoms with van der Waals surface area (Å²) in [5, 5.41) is 1.33. The lowest BCUT2D eigenvalue weighted by Crippen LogP contribution is -2.36. The van der Waals surface area contributed by atoms with E-state index in [1.807, 2.05) is 0 Å². The molecule has 2 N–H and O–H groups in total. The molecule has 0 radical (unpaired) electrons. The van der Waals surface area contributed by atoms with Crippen molar-refractivity contribution < 1.29 is 0 Å². The Balaban J connectivity index is 2.16. The van der Waals surface area contributed by atoms with Gasteiger partial charge in [0.15, 0.2) is 0 Å². The molecule has 0 bridgehead atoms. The molecule has 3 heteroatoms. The first-order valence-corrected chi connectivity index (χ1v) is 7.81. The van der Waals surface area contributed by atoms with Gasteiger partial charge in [-0.2, -0.15) is 0 Å². The highest BCUT2D eigenvalue weighted by Crippen LogP contribution is 2.36. The fourth-order valence-electron chi connectivity index (χ4n) is 3.54. The monoisotopic (exact) mass is 285 g/mol. The molecular weight excluding hydrogens is 258 g/mol. The molecule has 0 amide bonds. The molecule has 3 nitrogen and oxygen atoms in total. The first-order valence-electron chi connectivity index (χ1n) is 7.81. The third kappa shape index (κ3) is 2.19. The molecule has 1 aromatic carbocycles. The molecule has 0 saturated carbocycles. The van der Waals surface area contributed by atoms with Crippen LogP contribution in [0.4, 0.5) is 0 Å². The summed E-state index contributed by atoms with van der Waals surface area (Å²) < 4.78 is 2.29. The van der Waals surface area contributed by atoms with E-state index in [0.29, 0.717) is 0 Å². The Labute approximate surface area is 127 Å². The topological polar surface area (TPSA) is 34.2 Å². The number of benzene rings is 1. The van der Waals surface area contributed by atoms with Crippen molar-refractivity contribution in [3.8, 4) is 0 Å². The minimum absolute atomic E-state index is 0.0758. The normalized spacial score (nSPS) is 17.5. The van der Waals surface area contributed by atoms with Crippen molar-refractivity contribution in [2.75, 3.05) is 0 Å². The maximum atomic E-state index is 6.21. The van der Waals surface area contributed by atoms with Gasteiger partial charge in [0.25, 0.3) is 0 Å². The first kappa shape index (κ1) is 14.6. The predicted octanol–water partition coefficient (Wildman–Crippen LogP) is 3.62. The quantitative estimate of drug-likeness (QED) is 0.868. The van der Waals surface area contributed by atoms with Crippen LogP contribution in [-0.4, -0.2) is 15.0 Å². The molecule has 1 atom stereocenters. The summed E-state index contributed by atoms with van der Waals surface area (Å²) in [6.45, 7) is 13.2. The van der Waals surface area contributed by atoms with Crippen molar-refractivity contribution in [1.82, 2.24) is 9.47 Å². The SMILES string of the molecule is Cc1c(C(C)N)c2cc3c(cc2n1C)CN(C(C)(C)C)C3. The van der Waals surface area contributed by atoms with Crippen LogP contribution < -0.4 is 5.73 Å². The van der Waals surface area contributed by atoms with Crippen LogP contribution in [0.15, 0.2) is 12.1 Å². The Bertz CT molecular complexity index is 702. The molecule has 3 rings (SSSR count). The van der Waals surface area contributed by atoms with Crippen molar-refractivity contribution in [3.63, 3.8) is 0 Å². The van der Waals surface area contributed by atoms with E-state index in [2.05, 4.69) is 63.3 Å². The predicted molar refractivity (Wildman–Crippen MR) is 89.3 cm³/mol. The van der Waals surface area contributed by atoms with Crippen LogP contribution in [-0.2, 0) is 20.1 Å². The van der Waals surface area contributed by atoms with Crippen LogP contribution in [0.2, 0.25) is 0 Å². The summed E-state index contributed by atoms with van der Waals surface area (Å²) >= 11 is 0. The summed E-state index contributed by atoms with van der Waals surface area (Å²) in [6.07, 6.45) is 0. The average molecular weight is 285 g/mol. The van der Waals surface area contributed by atoms with Gasteiger partial charge in [0.05, 0.1) is 0 Å². The van der Waals surface area contributed by atoms with Crippen molar-refractivity contribution >= 4 is 10.9 Å². The lowest BCUT2D eigenvalue weighted by molar-refractivity contribution is 0.136. The number of aromatic nitrogens is 1. The van der Waals surface area contributed by atoms with E-state index in [4.69, 9.17) is 5.73 Å². The number of hydrogen-bond acceptors (Lipinski definition) is 2. The van der Waals surface area contributed by atoms with Gasteiger partial charge in [-0.05, 0) is 63.4 Å². The minimum Gasteiger partial charge on any atom is -0.348 e. The molecule has 0 saturated heterocycles. The fraction of sp³-hybridized carbons (Fsp3) is 0.556. The van der Waals surface area contributed by atoms with Crippen LogP contribution in [0.3, 0.4) is 0 Å². The zero-order chi connectivity index (χ0) is 15.5. The van der Waals surface area contributed by atoms with Crippen molar-refractivity contribution in [2.24, 2.45) is 12.8 Å². The number of nitrogens with zero attached hydrogens (tertiary/aromatic N) is 2. The van der Waals surface area contributed by atoms with Crippen LogP contribution in [0.5, 0.6) is 0 Å². The van der Waals surface area contributed by atoms with E-state index in [-0.39, 0.29) is 11.6 Å². The van der Waals surface area contributed by atoms with Gasteiger partial charge in [0.1, 0.15) is 0 Å². The van der Waals surface area contributed by atoms with Crippen molar-refractivity contribution in [1.29, 1.82) is 0 Å². The lowest BCUT2D eigenvalue weighted by atomic mass is 10.0. The molecule has 0 aliphatic carbocycles. The van der Waals surface area contributed by atoms with Gasteiger partial charge in [-0.1, -0.05) is 0 Å². The second-order valence-electron chi connectivity index (χ2n) is 7.51. The zero-order valence-corrected chi connectivity index (χ0v) is 14.1. The highest BCUT2D eigenvalue weighted by molar-refractivity contribution is 5.87. The van der Waals surface area contributed by atoms with E-state index in [1.54, 1.807) is 0 Å². The molecule has 114 valence electrons. The van der Waals surface area contributed by atoms with Gasteiger partial charge in [-0.15, -0.1) is 0 Å². The van der Waals surface area contributed by atoms with Crippen LogP contribution >= 0.6 is 0 Å². The Morgan fingerprint density at radius 2 is 1.71 bits per heavy atom. The molecule has 0 fully saturated rings. The maximum Gasteiger partial charge on any atom is 0.0486 e. The smallest absolute Gasteiger partial charge is 0.0486 e. The van der Waals surface area contributed by atoms with Crippen molar-refractivity contribution in [2.45, 2.75) is 59.3 Å². The van der Waals surface area contributed by atoms with Crippen molar-refractivity contribution in [3.05, 3.63) is 34.5 Å². The van der Waals surface area contributed by atoms with E-state index in [1.165, 1.54) is 33.3 Å². The highest BCUT2D eigenvalue weighted by Gasteiger charge is 2.29. The number of fused-ring (bicyclic) bond motifs is 2. The van der Waals surface area contributed by atoms with E-state index in [0.717, 1.165) is 13.1 Å². The molecule has 21 heavy (non-hydrogen) atoms. The van der Waals surface area contributed by atoms with E-state index < -0.39 is 0 Å². The third-order valence-corrected chi connectivity index (χ3v) is 4.99. The van der Waals surface area contributed by atoms with E-state index >= 15 is 0 Å². The lowest BCUT2D eigenvalue weighted by Gasteiger charge is -2.31. The number of aryl methyl sites for hydroxylation is 1. The van der Waals surface area contributed by atoms with Gasteiger partial charge < -0.3 is 10.3 Å². The molecule has 2 aromatic rings.